The summed E-state index contributed by atoms with van der Waals surface area (Å²) in [5.41, 5.74) is -0.437. The number of halogens is 3. The number of para-hydroxylation sites is 1. The topological polar surface area (TPSA) is 59.4 Å². The standard InChI is InChI=1S/C12H8F3NO3/c1-6(17)10-8(18)5-7-3-2-4-9(11(7)16-10)19-12(13,14)15/h2-5,18H,1H3. The summed E-state index contributed by atoms with van der Waals surface area (Å²) in [5, 5.41) is 9.80. The molecule has 1 heterocycles. The first-order chi connectivity index (χ1) is 8.78. The van der Waals surface area contributed by atoms with Gasteiger partial charge in [0, 0.05) is 12.3 Å². The van der Waals surface area contributed by atoms with Gasteiger partial charge >= 0.3 is 6.36 Å². The molecule has 2 rings (SSSR count). The summed E-state index contributed by atoms with van der Waals surface area (Å²) in [4.78, 5) is 15.0. The van der Waals surface area contributed by atoms with Gasteiger partial charge < -0.3 is 9.84 Å². The molecular formula is C12H8F3NO3. The van der Waals surface area contributed by atoms with Crippen molar-refractivity contribution in [1.82, 2.24) is 4.98 Å². The number of pyridine rings is 1. The fourth-order valence-corrected chi connectivity index (χ4v) is 1.63. The highest BCUT2D eigenvalue weighted by Crippen LogP contribution is 2.32. The van der Waals surface area contributed by atoms with E-state index in [9.17, 15) is 23.1 Å². The SMILES string of the molecule is CC(=O)c1nc2c(OC(F)(F)F)cccc2cc1O. The number of carbonyl (C=O) groups excluding carboxylic acids is 1. The molecule has 0 atom stereocenters. The molecule has 4 nitrogen and oxygen atoms in total. The first-order valence-electron chi connectivity index (χ1n) is 5.17. The Bertz CT molecular complexity index is 652. The smallest absolute Gasteiger partial charge is 0.506 e. The monoisotopic (exact) mass is 271 g/mol. The molecule has 0 aliphatic rings. The van der Waals surface area contributed by atoms with Crippen molar-refractivity contribution >= 4 is 16.7 Å². The van der Waals surface area contributed by atoms with E-state index >= 15 is 0 Å². The number of ether oxygens (including phenoxy) is 1. The van der Waals surface area contributed by atoms with E-state index in [2.05, 4.69) is 9.72 Å². The van der Waals surface area contributed by atoms with Gasteiger partial charge in [-0.1, -0.05) is 12.1 Å². The van der Waals surface area contributed by atoms with Gasteiger partial charge in [0.1, 0.15) is 17.0 Å². The van der Waals surface area contributed by atoms with Gasteiger partial charge in [-0.15, -0.1) is 13.2 Å². The average Bonchev–Trinajstić information content (AvgIpc) is 2.25. The summed E-state index contributed by atoms with van der Waals surface area (Å²) in [7, 11) is 0. The van der Waals surface area contributed by atoms with E-state index in [1.54, 1.807) is 0 Å². The lowest BCUT2D eigenvalue weighted by molar-refractivity contribution is -0.274. The van der Waals surface area contributed by atoms with Gasteiger partial charge in [-0.05, 0) is 12.1 Å². The summed E-state index contributed by atoms with van der Waals surface area (Å²) in [6.07, 6.45) is -4.86. The molecule has 100 valence electrons. The lowest BCUT2D eigenvalue weighted by atomic mass is 10.1. The summed E-state index contributed by atoms with van der Waals surface area (Å²) < 4.78 is 40.6. The fourth-order valence-electron chi connectivity index (χ4n) is 1.63. The third kappa shape index (κ3) is 2.75. The minimum atomic E-state index is -4.86. The number of carbonyl (C=O) groups is 1. The Hall–Kier alpha value is -2.31. The van der Waals surface area contributed by atoms with Gasteiger partial charge in [-0.3, -0.25) is 4.79 Å². The largest absolute Gasteiger partial charge is 0.573 e. The summed E-state index contributed by atoms with van der Waals surface area (Å²) in [5.74, 6) is -1.46. The number of ketones is 1. The molecule has 0 spiro atoms. The molecule has 0 amide bonds. The Morgan fingerprint density at radius 3 is 2.63 bits per heavy atom. The van der Waals surface area contributed by atoms with Gasteiger partial charge in [-0.2, -0.15) is 0 Å². The second-order valence-corrected chi connectivity index (χ2v) is 3.79. The Labute approximate surface area is 105 Å². The van der Waals surface area contributed by atoms with Crippen molar-refractivity contribution < 1.29 is 27.8 Å². The molecule has 0 unspecified atom stereocenters. The van der Waals surface area contributed by atoms with Crippen LogP contribution in [-0.2, 0) is 0 Å². The van der Waals surface area contributed by atoms with E-state index in [1.165, 1.54) is 18.2 Å². The number of alkyl halides is 3. The molecule has 0 bridgehead atoms. The molecule has 0 saturated carbocycles. The predicted octanol–water partition coefficient (Wildman–Crippen LogP) is 3.04. The lowest BCUT2D eigenvalue weighted by Gasteiger charge is -2.11. The lowest BCUT2D eigenvalue weighted by Crippen LogP contribution is -2.17. The molecule has 1 N–H and O–H groups in total. The Morgan fingerprint density at radius 2 is 2.05 bits per heavy atom. The number of benzene rings is 1. The van der Waals surface area contributed by atoms with Crippen molar-refractivity contribution in [2.75, 3.05) is 0 Å². The highest BCUT2D eigenvalue weighted by atomic mass is 19.4. The van der Waals surface area contributed by atoms with Crippen LogP contribution in [0.1, 0.15) is 17.4 Å². The van der Waals surface area contributed by atoms with Crippen LogP contribution in [0.2, 0.25) is 0 Å². The number of nitrogens with zero attached hydrogens (tertiary/aromatic N) is 1. The van der Waals surface area contributed by atoms with Crippen LogP contribution in [0.5, 0.6) is 11.5 Å². The van der Waals surface area contributed by atoms with Crippen molar-refractivity contribution in [2.24, 2.45) is 0 Å². The average molecular weight is 271 g/mol. The molecule has 1 aromatic carbocycles. The molecule has 0 saturated heterocycles. The highest BCUT2D eigenvalue weighted by molar-refractivity contribution is 5.98. The molecule has 1 aromatic heterocycles. The zero-order valence-corrected chi connectivity index (χ0v) is 9.65. The van der Waals surface area contributed by atoms with Crippen molar-refractivity contribution in [3.63, 3.8) is 0 Å². The van der Waals surface area contributed by atoms with Crippen LogP contribution >= 0.6 is 0 Å². The van der Waals surface area contributed by atoms with Crippen LogP contribution in [0, 0.1) is 0 Å². The van der Waals surface area contributed by atoms with Crippen molar-refractivity contribution in [1.29, 1.82) is 0 Å². The second-order valence-electron chi connectivity index (χ2n) is 3.79. The van der Waals surface area contributed by atoms with Crippen LogP contribution in [0.25, 0.3) is 10.9 Å². The van der Waals surface area contributed by atoms with Crippen LogP contribution in [0.3, 0.4) is 0 Å². The molecular weight excluding hydrogens is 263 g/mol. The molecule has 2 aromatic rings. The number of aromatic hydroxyl groups is 1. The normalized spacial score (nSPS) is 11.6. The van der Waals surface area contributed by atoms with Gasteiger partial charge in [0.05, 0.1) is 0 Å². The number of rotatable bonds is 2. The molecule has 0 radical (unpaired) electrons. The number of aromatic nitrogens is 1. The molecule has 19 heavy (non-hydrogen) atoms. The number of Topliss-reactive ketones (excluding diaryl/α,β-unsaturated/α-hetero) is 1. The summed E-state index contributed by atoms with van der Waals surface area (Å²) in [6.45, 7) is 1.15. The third-order valence-corrected chi connectivity index (χ3v) is 2.35. The molecule has 0 aliphatic carbocycles. The zero-order valence-electron chi connectivity index (χ0n) is 9.65. The van der Waals surface area contributed by atoms with E-state index in [0.29, 0.717) is 0 Å². The third-order valence-electron chi connectivity index (χ3n) is 2.35. The van der Waals surface area contributed by atoms with E-state index in [1.807, 2.05) is 0 Å². The van der Waals surface area contributed by atoms with Gasteiger partial charge in [-0.25, -0.2) is 4.98 Å². The highest BCUT2D eigenvalue weighted by Gasteiger charge is 2.32. The minimum Gasteiger partial charge on any atom is -0.506 e. The minimum absolute atomic E-state index is 0.136. The molecule has 0 fully saturated rings. The summed E-state index contributed by atoms with van der Waals surface area (Å²) in [6, 6.07) is 5.04. The van der Waals surface area contributed by atoms with Crippen molar-refractivity contribution in [3.05, 3.63) is 30.0 Å². The quantitative estimate of drug-likeness (QED) is 0.853. The zero-order chi connectivity index (χ0) is 14.2. The van der Waals surface area contributed by atoms with Gasteiger partial charge in [0.15, 0.2) is 11.5 Å². The van der Waals surface area contributed by atoms with E-state index < -0.39 is 17.9 Å². The Balaban J connectivity index is 2.66. The molecule has 7 heteroatoms. The van der Waals surface area contributed by atoms with Crippen molar-refractivity contribution in [2.45, 2.75) is 13.3 Å². The van der Waals surface area contributed by atoms with Gasteiger partial charge in [0.25, 0.3) is 0 Å². The second kappa shape index (κ2) is 4.42. The van der Waals surface area contributed by atoms with Crippen LogP contribution in [0.15, 0.2) is 24.3 Å². The predicted molar refractivity (Wildman–Crippen MR) is 60.1 cm³/mol. The summed E-state index contributed by atoms with van der Waals surface area (Å²) >= 11 is 0. The van der Waals surface area contributed by atoms with E-state index in [-0.39, 0.29) is 22.3 Å². The maximum Gasteiger partial charge on any atom is 0.573 e. The van der Waals surface area contributed by atoms with Crippen LogP contribution in [0.4, 0.5) is 13.2 Å². The fraction of sp³-hybridized carbons (Fsp3) is 0.167. The van der Waals surface area contributed by atoms with Crippen LogP contribution < -0.4 is 4.74 Å². The van der Waals surface area contributed by atoms with E-state index in [0.717, 1.165) is 13.0 Å². The van der Waals surface area contributed by atoms with Crippen LogP contribution in [-0.4, -0.2) is 22.2 Å². The number of fused-ring (bicyclic) bond motifs is 1. The number of hydrogen-bond acceptors (Lipinski definition) is 4. The van der Waals surface area contributed by atoms with E-state index in [4.69, 9.17) is 0 Å². The Morgan fingerprint density at radius 1 is 1.37 bits per heavy atom. The molecule has 0 aliphatic heterocycles. The maximum absolute atomic E-state index is 12.2. The Kier molecular flexibility index (Phi) is 3.05. The van der Waals surface area contributed by atoms with Gasteiger partial charge in [0.2, 0.25) is 0 Å². The maximum atomic E-state index is 12.2. The first-order valence-corrected chi connectivity index (χ1v) is 5.17. The van der Waals surface area contributed by atoms with Crippen molar-refractivity contribution in [3.8, 4) is 11.5 Å². The first kappa shape index (κ1) is 13.1. The number of hydrogen-bond donors (Lipinski definition) is 1.